The quantitative estimate of drug-likeness (QED) is 0.858. The van der Waals surface area contributed by atoms with E-state index >= 15 is 0 Å². The fourth-order valence-corrected chi connectivity index (χ4v) is 2.23. The fourth-order valence-electron chi connectivity index (χ4n) is 1.64. The summed E-state index contributed by atoms with van der Waals surface area (Å²) in [6.07, 6.45) is 0. The van der Waals surface area contributed by atoms with Crippen LogP contribution >= 0.6 is 11.5 Å². The number of carbonyl (C=O) groups is 1. The molecule has 0 fully saturated rings. The average Bonchev–Trinajstić information content (AvgIpc) is 2.94. The molecule has 1 aromatic heterocycles. The van der Waals surface area contributed by atoms with Crippen LogP contribution in [0.15, 0.2) is 30.3 Å². The largest absolute Gasteiger partial charge is 0.469 e. The van der Waals surface area contributed by atoms with Gasteiger partial charge in [0, 0.05) is 23.6 Å². The van der Waals surface area contributed by atoms with Gasteiger partial charge in [-0.15, -0.1) is 0 Å². The number of nitrogens with zero attached hydrogens (tertiary/aromatic N) is 2. The maximum atomic E-state index is 11.6. The van der Waals surface area contributed by atoms with Crippen molar-refractivity contribution in [2.45, 2.75) is 13.8 Å². The van der Waals surface area contributed by atoms with Crippen molar-refractivity contribution < 1.29 is 9.53 Å². The Hall–Kier alpha value is -1.95. The number of ether oxygens (including phenoxy) is 1. The Kier molecular flexibility index (Phi) is 4.34. The van der Waals surface area contributed by atoms with E-state index in [1.807, 2.05) is 44.2 Å². The number of anilines is 1. The molecule has 0 radical (unpaired) electrons. The topological polar surface area (TPSA) is 64.1 Å². The van der Waals surface area contributed by atoms with Gasteiger partial charge < -0.3 is 10.1 Å². The summed E-state index contributed by atoms with van der Waals surface area (Å²) < 4.78 is 9.07. The Balaban J connectivity index is 2.02. The van der Waals surface area contributed by atoms with E-state index in [0.29, 0.717) is 17.5 Å². The van der Waals surface area contributed by atoms with E-state index in [1.54, 1.807) is 0 Å². The highest BCUT2D eigenvalue weighted by molar-refractivity contribution is 7.09. The molecular weight excluding hydrogens is 274 g/mol. The van der Waals surface area contributed by atoms with Crippen molar-refractivity contribution in [1.29, 1.82) is 0 Å². The predicted octanol–water partition coefficient (Wildman–Crippen LogP) is 2.82. The summed E-state index contributed by atoms with van der Waals surface area (Å²) in [6, 6.07) is 9.77. The van der Waals surface area contributed by atoms with E-state index in [0.717, 1.165) is 5.56 Å². The zero-order valence-electron chi connectivity index (χ0n) is 11.7. The summed E-state index contributed by atoms with van der Waals surface area (Å²) in [4.78, 5) is 16.0. The number of aromatic nitrogens is 2. The van der Waals surface area contributed by atoms with Gasteiger partial charge in [-0.25, -0.2) is 0 Å². The normalized spacial score (nSPS) is 11.2. The molecule has 1 aromatic carbocycles. The molecule has 0 unspecified atom stereocenters. The van der Waals surface area contributed by atoms with E-state index in [4.69, 9.17) is 4.74 Å². The molecule has 0 amide bonds. The number of benzene rings is 1. The first kappa shape index (κ1) is 14.5. The summed E-state index contributed by atoms with van der Waals surface area (Å²) >= 11 is 1.28. The van der Waals surface area contributed by atoms with Crippen molar-refractivity contribution in [2.75, 3.05) is 19.0 Å². The summed E-state index contributed by atoms with van der Waals surface area (Å²) in [6.45, 7) is 4.10. The van der Waals surface area contributed by atoms with Crippen molar-refractivity contribution >= 4 is 22.6 Å². The molecule has 20 heavy (non-hydrogen) atoms. The number of esters is 1. The van der Waals surface area contributed by atoms with Crippen LogP contribution in [0.2, 0.25) is 0 Å². The van der Waals surface area contributed by atoms with Crippen LogP contribution in [0.4, 0.5) is 5.13 Å². The van der Waals surface area contributed by atoms with Crippen LogP contribution in [-0.2, 0) is 9.53 Å². The molecule has 0 aliphatic heterocycles. The third kappa shape index (κ3) is 3.33. The minimum atomic E-state index is -0.604. The van der Waals surface area contributed by atoms with Gasteiger partial charge in [-0.05, 0) is 13.8 Å². The lowest BCUT2D eigenvalue weighted by Crippen LogP contribution is -2.33. The summed E-state index contributed by atoms with van der Waals surface area (Å²) in [5.74, 6) is 0.437. The van der Waals surface area contributed by atoms with Crippen molar-refractivity contribution in [2.24, 2.45) is 5.41 Å². The SMILES string of the molecule is COC(=O)C(C)(C)CNc1nc(-c2ccccc2)ns1. The molecule has 0 aliphatic rings. The average molecular weight is 291 g/mol. The smallest absolute Gasteiger partial charge is 0.313 e. The number of hydrogen-bond donors (Lipinski definition) is 1. The molecule has 0 saturated carbocycles. The van der Waals surface area contributed by atoms with Gasteiger partial charge in [-0.3, -0.25) is 4.79 Å². The van der Waals surface area contributed by atoms with Crippen LogP contribution in [0.1, 0.15) is 13.8 Å². The molecule has 2 aromatic rings. The van der Waals surface area contributed by atoms with Crippen LogP contribution in [0.5, 0.6) is 0 Å². The standard InChI is InChI=1S/C14H17N3O2S/c1-14(2,12(18)19-3)9-15-13-16-11(17-20-13)10-7-5-4-6-8-10/h4-8H,9H2,1-3H3,(H,15,16,17). The Morgan fingerprint density at radius 3 is 2.70 bits per heavy atom. The van der Waals surface area contributed by atoms with Gasteiger partial charge in [0.05, 0.1) is 12.5 Å². The van der Waals surface area contributed by atoms with Crippen molar-refractivity contribution in [1.82, 2.24) is 9.36 Å². The van der Waals surface area contributed by atoms with Gasteiger partial charge >= 0.3 is 5.97 Å². The predicted molar refractivity (Wildman–Crippen MR) is 79.6 cm³/mol. The lowest BCUT2D eigenvalue weighted by molar-refractivity contribution is -0.149. The third-order valence-electron chi connectivity index (χ3n) is 2.88. The molecule has 0 bridgehead atoms. The fraction of sp³-hybridized carbons (Fsp3) is 0.357. The van der Waals surface area contributed by atoms with Gasteiger partial charge in [0.1, 0.15) is 0 Å². The monoisotopic (exact) mass is 291 g/mol. The number of nitrogens with one attached hydrogen (secondary N) is 1. The second kappa shape index (κ2) is 6.00. The van der Waals surface area contributed by atoms with Crippen LogP contribution < -0.4 is 5.32 Å². The molecule has 6 heteroatoms. The van der Waals surface area contributed by atoms with E-state index in [-0.39, 0.29) is 5.97 Å². The first-order valence-electron chi connectivity index (χ1n) is 6.24. The maximum Gasteiger partial charge on any atom is 0.313 e. The van der Waals surface area contributed by atoms with E-state index in [1.165, 1.54) is 18.6 Å². The highest BCUT2D eigenvalue weighted by atomic mass is 32.1. The maximum absolute atomic E-state index is 11.6. The Morgan fingerprint density at radius 2 is 2.05 bits per heavy atom. The van der Waals surface area contributed by atoms with Crippen molar-refractivity contribution in [3.63, 3.8) is 0 Å². The van der Waals surface area contributed by atoms with Crippen molar-refractivity contribution in [3.05, 3.63) is 30.3 Å². The summed E-state index contributed by atoms with van der Waals surface area (Å²) in [5, 5.41) is 3.83. The number of rotatable bonds is 5. The molecule has 0 saturated heterocycles. The van der Waals surface area contributed by atoms with Crippen molar-refractivity contribution in [3.8, 4) is 11.4 Å². The third-order valence-corrected chi connectivity index (χ3v) is 3.55. The summed E-state index contributed by atoms with van der Waals surface area (Å²) in [5.41, 5.74) is 0.372. The number of hydrogen-bond acceptors (Lipinski definition) is 6. The van der Waals surface area contributed by atoms with Gasteiger partial charge in [0.25, 0.3) is 0 Å². The first-order valence-corrected chi connectivity index (χ1v) is 7.02. The van der Waals surface area contributed by atoms with E-state index < -0.39 is 5.41 Å². The number of methoxy groups -OCH3 is 1. The zero-order chi connectivity index (χ0) is 14.6. The van der Waals surface area contributed by atoms with E-state index in [2.05, 4.69) is 14.7 Å². The summed E-state index contributed by atoms with van der Waals surface area (Å²) in [7, 11) is 1.39. The molecule has 1 N–H and O–H groups in total. The van der Waals surface area contributed by atoms with Gasteiger partial charge in [-0.2, -0.15) is 9.36 Å². The van der Waals surface area contributed by atoms with Crippen LogP contribution in [0.3, 0.4) is 0 Å². The second-order valence-electron chi connectivity index (χ2n) is 5.02. The van der Waals surface area contributed by atoms with Crippen LogP contribution in [-0.4, -0.2) is 29.0 Å². The second-order valence-corrected chi connectivity index (χ2v) is 5.77. The number of carbonyl (C=O) groups excluding carboxylic acids is 1. The van der Waals surface area contributed by atoms with E-state index in [9.17, 15) is 4.79 Å². The molecule has 2 rings (SSSR count). The Morgan fingerprint density at radius 1 is 1.35 bits per heavy atom. The molecule has 0 atom stereocenters. The van der Waals surface area contributed by atoms with Crippen LogP contribution in [0.25, 0.3) is 11.4 Å². The molecule has 0 spiro atoms. The van der Waals surface area contributed by atoms with Gasteiger partial charge in [0.15, 0.2) is 5.82 Å². The zero-order valence-corrected chi connectivity index (χ0v) is 12.5. The lowest BCUT2D eigenvalue weighted by atomic mass is 9.94. The molecule has 5 nitrogen and oxygen atoms in total. The highest BCUT2D eigenvalue weighted by Crippen LogP contribution is 2.23. The molecule has 106 valence electrons. The Bertz CT molecular complexity index is 581. The first-order chi connectivity index (χ1) is 9.53. The lowest BCUT2D eigenvalue weighted by Gasteiger charge is -2.21. The molecule has 1 heterocycles. The highest BCUT2D eigenvalue weighted by Gasteiger charge is 2.28. The minimum absolute atomic E-state index is 0.252. The van der Waals surface area contributed by atoms with Gasteiger partial charge in [-0.1, -0.05) is 30.3 Å². The minimum Gasteiger partial charge on any atom is -0.469 e. The molecule has 0 aliphatic carbocycles. The van der Waals surface area contributed by atoms with Crippen LogP contribution in [0, 0.1) is 5.41 Å². The molecular formula is C14H17N3O2S. The Labute approximate surface area is 122 Å². The van der Waals surface area contributed by atoms with Gasteiger partial charge in [0.2, 0.25) is 5.13 Å².